The largest absolute Gasteiger partial charge is 0.467 e. The Bertz CT molecular complexity index is 485. The molecule has 0 atom stereocenters. The predicted octanol–water partition coefficient (Wildman–Crippen LogP) is 0.307. The van der Waals surface area contributed by atoms with Gasteiger partial charge < -0.3 is 19.5 Å². The average molecular weight is 294 g/mol. The number of fused-ring (bicyclic) bond motifs is 1. The van der Waals surface area contributed by atoms with Gasteiger partial charge in [0.2, 0.25) is 0 Å². The minimum atomic E-state index is -0.109. The van der Waals surface area contributed by atoms with E-state index < -0.39 is 0 Å². The second kappa shape index (κ2) is 6.13. The highest BCUT2D eigenvalue weighted by Crippen LogP contribution is 2.24. The summed E-state index contributed by atoms with van der Waals surface area (Å²) in [5.41, 5.74) is 0.765. The number of methoxy groups -OCH3 is 1. The third-order valence-electron chi connectivity index (χ3n) is 4.04. The van der Waals surface area contributed by atoms with Crippen molar-refractivity contribution in [2.24, 2.45) is 0 Å². The van der Waals surface area contributed by atoms with Crippen molar-refractivity contribution in [3.8, 4) is 6.01 Å². The third-order valence-corrected chi connectivity index (χ3v) is 4.04. The lowest BCUT2D eigenvalue weighted by atomic mass is 9.96. The summed E-state index contributed by atoms with van der Waals surface area (Å²) in [6, 6.07) is 2.29. The number of hydrogen-bond acceptors (Lipinski definition) is 7. The summed E-state index contributed by atoms with van der Waals surface area (Å²) in [7, 11) is 1.57. The van der Waals surface area contributed by atoms with Crippen LogP contribution in [0.4, 0.5) is 5.82 Å². The fourth-order valence-corrected chi connectivity index (χ4v) is 2.88. The molecular formula is C14H22N4O3. The third kappa shape index (κ3) is 3.09. The molecule has 2 aliphatic rings. The molecule has 2 fully saturated rings. The van der Waals surface area contributed by atoms with E-state index in [2.05, 4.69) is 20.2 Å². The fourth-order valence-electron chi connectivity index (χ4n) is 2.88. The van der Waals surface area contributed by atoms with Crippen molar-refractivity contribution in [1.29, 1.82) is 0 Å². The van der Waals surface area contributed by atoms with Crippen LogP contribution < -0.4 is 10.1 Å². The molecule has 116 valence electrons. The van der Waals surface area contributed by atoms with Crippen LogP contribution in [0.3, 0.4) is 0 Å². The van der Waals surface area contributed by atoms with Crippen LogP contribution in [0, 0.1) is 6.92 Å². The number of rotatable bonds is 4. The predicted molar refractivity (Wildman–Crippen MR) is 77.8 cm³/mol. The smallest absolute Gasteiger partial charge is 0.318 e. The Labute approximate surface area is 124 Å². The number of ether oxygens (including phenoxy) is 3. The molecule has 0 aromatic carbocycles. The Hall–Kier alpha value is -1.44. The van der Waals surface area contributed by atoms with E-state index in [1.54, 1.807) is 7.11 Å². The highest BCUT2D eigenvalue weighted by atomic mass is 16.5. The van der Waals surface area contributed by atoms with Gasteiger partial charge in [0.25, 0.3) is 0 Å². The Kier molecular flexibility index (Phi) is 4.23. The lowest BCUT2D eigenvalue weighted by molar-refractivity contribution is -0.135. The molecule has 2 aliphatic heterocycles. The van der Waals surface area contributed by atoms with Gasteiger partial charge in [-0.3, -0.25) is 4.90 Å². The average Bonchev–Trinajstić information content (AvgIpc) is 2.52. The van der Waals surface area contributed by atoms with Gasteiger partial charge in [-0.2, -0.15) is 4.98 Å². The van der Waals surface area contributed by atoms with Gasteiger partial charge in [-0.15, -0.1) is 0 Å². The Morgan fingerprint density at radius 1 is 1.29 bits per heavy atom. The van der Waals surface area contributed by atoms with Gasteiger partial charge in [-0.05, 0) is 6.92 Å². The summed E-state index contributed by atoms with van der Waals surface area (Å²) in [6.07, 6.45) is 0. The number of hydrogen-bond donors (Lipinski definition) is 1. The van der Waals surface area contributed by atoms with Crippen LogP contribution in [0.1, 0.15) is 5.69 Å². The summed E-state index contributed by atoms with van der Waals surface area (Å²) in [6.45, 7) is 7.51. The molecule has 3 rings (SSSR count). The van der Waals surface area contributed by atoms with Gasteiger partial charge in [-0.25, -0.2) is 4.98 Å². The van der Waals surface area contributed by atoms with Gasteiger partial charge in [0.15, 0.2) is 0 Å². The molecule has 1 aromatic rings. The van der Waals surface area contributed by atoms with Crippen LogP contribution in [0.15, 0.2) is 6.07 Å². The number of aryl methyl sites for hydroxylation is 1. The van der Waals surface area contributed by atoms with Crippen LogP contribution in [0.5, 0.6) is 6.01 Å². The van der Waals surface area contributed by atoms with Crippen molar-refractivity contribution in [3.05, 3.63) is 11.8 Å². The zero-order valence-electron chi connectivity index (χ0n) is 12.6. The van der Waals surface area contributed by atoms with Gasteiger partial charge in [0.1, 0.15) is 5.82 Å². The van der Waals surface area contributed by atoms with E-state index >= 15 is 0 Å². The molecule has 0 aliphatic carbocycles. The summed E-state index contributed by atoms with van der Waals surface area (Å²) in [5, 5.41) is 3.39. The molecule has 1 N–H and O–H groups in total. The van der Waals surface area contributed by atoms with Crippen LogP contribution in [-0.4, -0.2) is 73.6 Å². The maximum Gasteiger partial charge on any atom is 0.318 e. The van der Waals surface area contributed by atoms with E-state index in [0.717, 1.165) is 44.4 Å². The van der Waals surface area contributed by atoms with Crippen molar-refractivity contribution < 1.29 is 14.2 Å². The quantitative estimate of drug-likeness (QED) is 0.857. The first-order valence-electron chi connectivity index (χ1n) is 7.26. The van der Waals surface area contributed by atoms with Crippen LogP contribution in [-0.2, 0) is 9.47 Å². The van der Waals surface area contributed by atoms with Crippen LogP contribution in [0.25, 0.3) is 0 Å². The standard InChI is InChI=1S/C14H22N4O3/c1-11-7-12(17-13(16-11)19-2)15-8-14-9-20-5-3-18(14)4-6-21-10-14/h7H,3-6,8-10H2,1-2H3,(H,15,16,17). The molecule has 0 unspecified atom stereocenters. The molecule has 7 nitrogen and oxygen atoms in total. The number of anilines is 1. The molecule has 0 bridgehead atoms. The lowest BCUT2D eigenvalue weighted by Gasteiger charge is -2.49. The van der Waals surface area contributed by atoms with Gasteiger partial charge in [0.05, 0.1) is 39.1 Å². The normalized spacial score (nSPS) is 21.6. The van der Waals surface area contributed by atoms with Crippen LogP contribution in [0.2, 0.25) is 0 Å². The molecule has 21 heavy (non-hydrogen) atoms. The maximum absolute atomic E-state index is 5.68. The summed E-state index contributed by atoms with van der Waals surface area (Å²) in [5.74, 6) is 0.768. The Morgan fingerprint density at radius 2 is 2.00 bits per heavy atom. The number of nitrogens with zero attached hydrogens (tertiary/aromatic N) is 3. The first-order valence-corrected chi connectivity index (χ1v) is 7.26. The molecule has 1 aromatic heterocycles. The monoisotopic (exact) mass is 294 g/mol. The lowest BCUT2D eigenvalue weighted by Crippen LogP contribution is -2.66. The van der Waals surface area contributed by atoms with E-state index in [4.69, 9.17) is 14.2 Å². The molecule has 0 saturated carbocycles. The van der Waals surface area contributed by atoms with E-state index in [0.29, 0.717) is 19.2 Å². The molecule has 3 heterocycles. The molecule has 0 amide bonds. The second-order valence-corrected chi connectivity index (χ2v) is 5.55. The zero-order valence-corrected chi connectivity index (χ0v) is 12.6. The topological polar surface area (TPSA) is 68.7 Å². The van der Waals surface area contributed by atoms with Gasteiger partial charge in [0, 0.05) is 31.4 Å². The number of nitrogens with one attached hydrogen (secondary N) is 1. The first kappa shape index (κ1) is 14.5. The SMILES string of the molecule is COc1nc(C)cc(NCC23COCCN2CCOC3)n1. The van der Waals surface area contributed by atoms with Crippen LogP contribution >= 0.6 is 0 Å². The van der Waals surface area contributed by atoms with Gasteiger partial charge >= 0.3 is 6.01 Å². The number of aromatic nitrogens is 2. The Balaban J connectivity index is 1.71. The molecule has 2 saturated heterocycles. The van der Waals surface area contributed by atoms with E-state index in [-0.39, 0.29) is 5.54 Å². The number of morpholine rings is 2. The highest BCUT2D eigenvalue weighted by molar-refractivity contribution is 5.37. The highest BCUT2D eigenvalue weighted by Gasteiger charge is 2.42. The summed E-state index contributed by atoms with van der Waals surface area (Å²) < 4.78 is 16.5. The first-order chi connectivity index (χ1) is 10.2. The summed E-state index contributed by atoms with van der Waals surface area (Å²) >= 11 is 0. The van der Waals surface area contributed by atoms with E-state index in [1.165, 1.54) is 0 Å². The minimum Gasteiger partial charge on any atom is -0.467 e. The molecule has 7 heteroatoms. The zero-order chi connectivity index (χ0) is 14.7. The van der Waals surface area contributed by atoms with Crippen molar-refractivity contribution in [1.82, 2.24) is 14.9 Å². The maximum atomic E-state index is 5.68. The summed E-state index contributed by atoms with van der Waals surface area (Å²) in [4.78, 5) is 11.0. The van der Waals surface area contributed by atoms with E-state index in [1.807, 2.05) is 13.0 Å². The fraction of sp³-hybridized carbons (Fsp3) is 0.714. The van der Waals surface area contributed by atoms with Crippen molar-refractivity contribution in [2.45, 2.75) is 12.5 Å². The molecular weight excluding hydrogens is 272 g/mol. The minimum absolute atomic E-state index is 0.109. The van der Waals surface area contributed by atoms with Crippen molar-refractivity contribution in [3.63, 3.8) is 0 Å². The second-order valence-electron chi connectivity index (χ2n) is 5.55. The van der Waals surface area contributed by atoms with E-state index in [9.17, 15) is 0 Å². The Morgan fingerprint density at radius 3 is 2.67 bits per heavy atom. The van der Waals surface area contributed by atoms with Gasteiger partial charge in [-0.1, -0.05) is 0 Å². The molecule has 0 radical (unpaired) electrons. The van der Waals surface area contributed by atoms with Crippen molar-refractivity contribution >= 4 is 5.82 Å². The molecule has 0 spiro atoms. The van der Waals surface area contributed by atoms with Crippen molar-refractivity contribution in [2.75, 3.05) is 58.5 Å².